The Bertz CT molecular complexity index is 693. The van der Waals surface area contributed by atoms with Crippen LogP contribution in [-0.4, -0.2) is 82.8 Å². The molecule has 0 spiro atoms. The van der Waals surface area contributed by atoms with Crippen molar-refractivity contribution in [1.82, 2.24) is 14.5 Å². The fourth-order valence-electron chi connectivity index (χ4n) is 2.79. The van der Waals surface area contributed by atoms with Crippen LogP contribution in [0.5, 0.6) is 11.5 Å². The number of amides is 1. The fraction of sp³-hybridized carbons (Fsp3) is 0.588. The number of likely N-dealkylation sites (N-methyl/N-ethyl adjacent to an activating group) is 1. The lowest BCUT2D eigenvalue weighted by molar-refractivity contribution is 0.0955. The average molecular weight is 385 g/mol. The maximum atomic E-state index is 12.4. The summed E-state index contributed by atoms with van der Waals surface area (Å²) in [7, 11) is -0.373. The van der Waals surface area contributed by atoms with Gasteiger partial charge in [-0.15, -0.1) is 0 Å². The summed E-state index contributed by atoms with van der Waals surface area (Å²) < 4.78 is 36.6. The van der Waals surface area contributed by atoms with E-state index in [1.165, 1.54) is 18.5 Å². The molecule has 2 rings (SSSR count). The Morgan fingerprint density at radius 2 is 1.65 bits per heavy atom. The molecule has 0 bridgehead atoms. The third-order valence-corrected chi connectivity index (χ3v) is 6.30. The maximum absolute atomic E-state index is 12.4. The van der Waals surface area contributed by atoms with E-state index < -0.39 is 10.0 Å². The van der Waals surface area contributed by atoms with E-state index in [1.807, 2.05) is 0 Å². The van der Waals surface area contributed by atoms with E-state index in [1.54, 1.807) is 18.2 Å². The molecule has 1 saturated heterocycles. The lowest BCUT2D eigenvalue weighted by Crippen LogP contribution is -2.49. The normalized spacial score (nSPS) is 16.3. The van der Waals surface area contributed by atoms with Crippen LogP contribution >= 0.6 is 0 Å². The van der Waals surface area contributed by atoms with Crippen LogP contribution < -0.4 is 14.8 Å². The van der Waals surface area contributed by atoms with Crippen LogP contribution in [0.25, 0.3) is 0 Å². The second-order valence-electron chi connectivity index (χ2n) is 6.01. The van der Waals surface area contributed by atoms with Crippen molar-refractivity contribution in [2.45, 2.75) is 6.92 Å². The Morgan fingerprint density at radius 3 is 2.15 bits per heavy atom. The number of benzene rings is 1. The van der Waals surface area contributed by atoms with E-state index in [2.05, 4.69) is 17.1 Å². The average Bonchev–Trinajstić information content (AvgIpc) is 2.67. The van der Waals surface area contributed by atoms with Crippen molar-refractivity contribution in [3.8, 4) is 11.5 Å². The Hall–Kier alpha value is -1.84. The molecular weight excluding hydrogens is 358 g/mol. The molecule has 146 valence electrons. The number of methoxy groups -OCH3 is 2. The molecule has 1 amide bonds. The first-order valence-corrected chi connectivity index (χ1v) is 10.2. The monoisotopic (exact) mass is 385 g/mol. The van der Waals surface area contributed by atoms with Crippen molar-refractivity contribution >= 4 is 15.9 Å². The highest BCUT2D eigenvalue weighted by molar-refractivity contribution is 7.89. The summed E-state index contributed by atoms with van der Waals surface area (Å²) in [6, 6.07) is 4.82. The van der Waals surface area contributed by atoms with E-state index in [9.17, 15) is 13.2 Å². The predicted octanol–water partition coefficient (Wildman–Crippen LogP) is 0.401. The third-order valence-electron chi connectivity index (χ3n) is 4.43. The number of sulfonamides is 1. The quantitative estimate of drug-likeness (QED) is 0.697. The number of ether oxygens (including phenoxy) is 2. The molecule has 0 aliphatic carbocycles. The molecule has 8 nitrogen and oxygen atoms in total. The fourth-order valence-corrected chi connectivity index (χ4v) is 4.13. The van der Waals surface area contributed by atoms with Crippen LogP contribution in [0.15, 0.2) is 18.2 Å². The van der Waals surface area contributed by atoms with Gasteiger partial charge in [0.05, 0.1) is 20.0 Å². The number of carbonyl (C=O) groups is 1. The SMILES string of the molecule is CCN1CCN(S(=O)(=O)CCNC(=O)c2cc(OC)cc(OC)c2)CC1. The highest BCUT2D eigenvalue weighted by Gasteiger charge is 2.26. The van der Waals surface area contributed by atoms with Gasteiger partial charge in [-0.3, -0.25) is 4.79 Å². The molecular formula is C17H27N3O5S. The molecule has 0 unspecified atom stereocenters. The van der Waals surface area contributed by atoms with Crippen LogP contribution in [0.3, 0.4) is 0 Å². The van der Waals surface area contributed by atoms with Crippen molar-refractivity contribution in [3.63, 3.8) is 0 Å². The second kappa shape index (κ2) is 9.20. The largest absolute Gasteiger partial charge is 0.497 e. The standard InChI is InChI=1S/C17H27N3O5S/c1-4-19-6-8-20(9-7-19)26(22,23)10-5-18-17(21)14-11-15(24-2)13-16(12-14)25-3/h11-13H,4-10H2,1-3H3,(H,18,21). The van der Waals surface area contributed by atoms with Gasteiger partial charge in [-0.05, 0) is 18.7 Å². The molecule has 1 fully saturated rings. The minimum Gasteiger partial charge on any atom is -0.497 e. The summed E-state index contributed by atoms with van der Waals surface area (Å²) in [5.41, 5.74) is 0.357. The van der Waals surface area contributed by atoms with Gasteiger partial charge >= 0.3 is 0 Å². The first-order chi connectivity index (χ1) is 12.4. The zero-order valence-electron chi connectivity index (χ0n) is 15.5. The topological polar surface area (TPSA) is 88.2 Å². The van der Waals surface area contributed by atoms with E-state index in [0.717, 1.165) is 19.6 Å². The zero-order valence-corrected chi connectivity index (χ0v) is 16.3. The predicted molar refractivity (Wildman–Crippen MR) is 99.4 cm³/mol. The lowest BCUT2D eigenvalue weighted by Gasteiger charge is -2.33. The Morgan fingerprint density at radius 1 is 1.08 bits per heavy atom. The van der Waals surface area contributed by atoms with Gasteiger partial charge < -0.3 is 19.7 Å². The highest BCUT2D eigenvalue weighted by Crippen LogP contribution is 2.22. The second-order valence-corrected chi connectivity index (χ2v) is 8.10. The van der Waals surface area contributed by atoms with E-state index in [-0.39, 0.29) is 18.2 Å². The molecule has 1 aliphatic rings. The summed E-state index contributed by atoms with van der Waals surface area (Å²) in [5.74, 6) is 0.506. The van der Waals surface area contributed by atoms with Gasteiger partial charge in [0.25, 0.3) is 5.91 Å². The number of nitrogens with zero attached hydrogens (tertiary/aromatic N) is 2. The Balaban J connectivity index is 1.89. The van der Waals surface area contributed by atoms with E-state index >= 15 is 0 Å². The number of hydrogen-bond acceptors (Lipinski definition) is 6. The highest BCUT2D eigenvalue weighted by atomic mass is 32.2. The van der Waals surface area contributed by atoms with Gasteiger partial charge in [-0.2, -0.15) is 4.31 Å². The number of carbonyl (C=O) groups excluding carboxylic acids is 1. The number of rotatable bonds is 8. The van der Waals surface area contributed by atoms with Gasteiger partial charge in [0.15, 0.2) is 0 Å². The Labute approximate surface area is 155 Å². The Kier molecular flexibility index (Phi) is 7.24. The molecule has 0 radical (unpaired) electrons. The first kappa shape index (κ1) is 20.5. The van der Waals surface area contributed by atoms with Gasteiger partial charge in [0.1, 0.15) is 11.5 Å². The van der Waals surface area contributed by atoms with Crippen molar-refractivity contribution in [1.29, 1.82) is 0 Å². The number of piperazine rings is 1. The summed E-state index contributed by atoms with van der Waals surface area (Å²) >= 11 is 0. The molecule has 0 saturated carbocycles. The van der Waals surface area contributed by atoms with Crippen LogP contribution in [-0.2, 0) is 10.0 Å². The zero-order chi connectivity index (χ0) is 19.2. The molecule has 1 aliphatic heterocycles. The van der Waals surface area contributed by atoms with E-state index in [0.29, 0.717) is 30.2 Å². The van der Waals surface area contributed by atoms with E-state index in [4.69, 9.17) is 9.47 Å². The molecule has 1 aromatic rings. The van der Waals surface area contributed by atoms with Gasteiger partial charge in [-0.25, -0.2) is 8.42 Å². The molecule has 0 aromatic heterocycles. The van der Waals surface area contributed by atoms with Crippen LogP contribution in [0.1, 0.15) is 17.3 Å². The third kappa shape index (κ3) is 5.33. The number of nitrogens with one attached hydrogen (secondary N) is 1. The molecule has 1 N–H and O–H groups in total. The molecule has 1 aromatic carbocycles. The van der Waals surface area contributed by atoms with Crippen molar-refractivity contribution in [3.05, 3.63) is 23.8 Å². The minimum absolute atomic E-state index is 0.0503. The molecule has 26 heavy (non-hydrogen) atoms. The van der Waals surface area contributed by atoms with Crippen LogP contribution in [0, 0.1) is 0 Å². The molecule has 1 heterocycles. The van der Waals surface area contributed by atoms with Crippen LogP contribution in [0.2, 0.25) is 0 Å². The summed E-state index contributed by atoms with van der Waals surface area (Å²) in [4.78, 5) is 14.5. The molecule has 9 heteroatoms. The van der Waals surface area contributed by atoms with Gasteiger partial charge in [0, 0.05) is 44.4 Å². The van der Waals surface area contributed by atoms with Crippen molar-refractivity contribution in [2.75, 3.05) is 59.2 Å². The maximum Gasteiger partial charge on any atom is 0.251 e. The van der Waals surface area contributed by atoms with Gasteiger partial charge in [0.2, 0.25) is 10.0 Å². The summed E-state index contributed by atoms with van der Waals surface area (Å²) in [6.07, 6.45) is 0. The summed E-state index contributed by atoms with van der Waals surface area (Å²) in [5, 5.41) is 2.65. The smallest absolute Gasteiger partial charge is 0.251 e. The van der Waals surface area contributed by atoms with Gasteiger partial charge in [-0.1, -0.05) is 6.92 Å². The van der Waals surface area contributed by atoms with Crippen molar-refractivity contribution in [2.24, 2.45) is 0 Å². The van der Waals surface area contributed by atoms with Crippen LogP contribution in [0.4, 0.5) is 0 Å². The number of hydrogen-bond donors (Lipinski definition) is 1. The molecule has 0 atom stereocenters. The minimum atomic E-state index is -3.38. The first-order valence-electron chi connectivity index (χ1n) is 8.61. The summed E-state index contributed by atoms with van der Waals surface area (Å²) in [6.45, 7) is 5.52. The van der Waals surface area contributed by atoms with Crippen molar-refractivity contribution < 1.29 is 22.7 Å². The lowest BCUT2D eigenvalue weighted by atomic mass is 10.2.